The Morgan fingerprint density at radius 3 is 2.56 bits per heavy atom. The van der Waals surface area contributed by atoms with Gasteiger partial charge >= 0.3 is 0 Å². The monoisotopic (exact) mass is 368 g/mol. The number of aromatic nitrogens is 1. The Balaban J connectivity index is 1.37. The van der Waals surface area contributed by atoms with E-state index in [1.807, 2.05) is 32.0 Å². The highest BCUT2D eigenvalue weighted by atomic mass is 16.5. The van der Waals surface area contributed by atoms with Crippen molar-refractivity contribution in [3.63, 3.8) is 0 Å². The quantitative estimate of drug-likeness (QED) is 0.814. The molecule has 1 aromatic carbocycles. The standard InChI is InChI=1S/C21H28N4O2/c1-17(2)19-15-21(27-23-19)22-20(26)16-25-13-11-24(12-14-25)10-6-9-18-7-4-3-5-8-18/h3-9,15,17H,10-14,16H2,1-2H3,(H,22,26)/b9-6+. The first-order valence-corrected chi connectivity index (χ1v) is 9.53. The van der Waals surface area contributed by atoms with Crippen LogP contribution in [-0.2, 0) is 4.79 Å². The van der Waals surface area contributed by atoms with Gasteiger partial charge in [0.15, 0.2) is 0 Å². The van der Waals surface area contributed by atoms with Crippen molar-refractivity contribution in [2.75, 3.05) is 44.6 Å². The molecule has 0 aliphatic carbocycles. The molecule has 1 N–H and O–H groups in total. The molecule has 6 heteroatoms. The number of nitrogens with zero attached hydrogens (tertiary/aromatic N) is 3. The van der Waals surface area contributed by atoms with Crippen LogP contribution in [0.3, 0.4) is 0 Å². The molecule has 1 amide bonds. The lowest BCUT2D eigenvalue weighted by Crippen LogP contribution is -2.48. The Labute approximate surface area is 160 Å². The molecule has 0 bridgehead atoms. The Hall–Kier alpha value is -2.44. The van der Waals surface area contributed by atoms with E-state index in [1.165, 1.54) is 5.56 Å². The maximum atomic E-state index is 12.2. The van der Waals surface area contributed by atoms with E-state index in [-0.39, 0.29) is 11.8 Å². The van der Waals surface area contributed by atoms with Crippen molar-refractivity contribution in [1.82, 2.24) is 15.0 Å². The summed E-state index contributed by atoms with van der Waals surface area (Å²) < 4.78 is 5.17. The Bertz CT molecular complexity index is 747. The number of nitrogens with one attached hydrogen (secondary N) is 1. The van der Waals surface area contributed by atoms with E-state index in [1.54, 1.807) is 6.07 Å². The molecule has 6 nitrogen and oxygen atoms in total. The molecule has 1 aromatic heterocycles. The third kappa shape index (κ3) is 6.05. The normalized spacial score (nSPS) is 16.3. The highest BCUT2D eigenvalue weighted by Crippen LogP contribution is 2.17. The second-order valence-electron chi connectivity index (χ2n) is 7.21. The van der Waals surface area contributed by atoms with Gasteiger partial charge < -0.3 is 4.52 Å². The van der Waals surface area contributed by atoms with Crippen molar-refractivity contribution < 1.29 is 9.32 Å². The second-order valence-corrected chi connectivity index (χ2v) is 7.21. The lowest BCUT2D eigenvalue weighted by molar-refractivity contribution is -0.117. The zero-order valence-corrected chi connectivity index (χ0v) is 16.1. The van der Waals surface area contributed by atoms with Crippen LogP contribution in [0.25, 0.3) is 6.08 Å². The summed E-state index contributed by atoms with van der Waals surface area (Å²) in [6, 6.07) is 12.1. The van der Waals surface area contributed by atoms with Gasteiger partial charge in [0.25, 0.3) is 0 Å². The molecule has 27 heavy (non-hydrogen) atoms. The van der Waals surface area contributed by atoms with Gasteiger partial charge in [0.1, 0.15) is 0 Å². The Morgan fingerprint density at radius 1 is 1.19 bits per heavy atom. The zero-order valence-electron chi connectivity index (χ0n) is 16.1. The Morgan fingerprint density at radius 2 is 1.89 bits per heavy atom. The van der Waals surface area contributed by atoms with Gasteiger partial charge in [0.2, 0.25) is 11.8 Å². The van der Waals surface area contributed by atoms with E-state index in [0.29, 0.717) is 12.4 Å². The van der Waals surface area contributed by atoms with Gasteiger partial charge in [-0.25, -0.2) is 0 Å². The Kier molecular flexibility index (Phi) is 6.79. The number of benzene rings is 1. The van der Waals surface area contributed by atoms with Gasteiger partial charge in [-0.3, -0.25) is 19.9 Å². The maximum Gasteiger partial charge on any atom is 0.240 e. The molecule has 3 rings (SSSR count). The fourth-order valence-electron chi connectivity index (χ4n) is 3.03. The molecule has 1 aliphatic heterocycles. The van der Waals surface area contributed by atoms with Gasteiger partial charge in [0, 0.05) is 38.8 Å². The maximum absolute atomic E-state index is 12.2. The predicted octanol–water partition coefficient (Wildman–Crippen LogP) is 3.07. The average molecular weight is 368 g/mol. The van der Waals surface area contributed by atoms with Crippen LogP contribution in [0.4, 0.5) is 5.88 Å². The molecular formula is C21H28N4O2. The number of carbonyl (C=O) groups is 1. The fraction of sp³-hybridized carbons (Fsp3) is 0.429. The summed E-state index contributed by atoms with van der Waals surface area (Å²) >= 11 is 0. The van der Waals surface area contributed by atoms with Crippen molar-refractivity contribution in [3.05, 3.63) is 53.7 Å². The van der Waals surface area contributed by atoms with E-state index in [4.69, 9.17) is 4.52 Å². The number of hydrogen-bond acceptors (Lipinski definition) is 5. The SMILES string of the molecule is CC(C)c1cc(NC(=O)CN2CCN(C/C=C/c3ccccc3)CC2)on1. The minimum atomic E-state index is -0.0566. The third-order valence-corrected chi connectivity index (χ3v) is 4.69. The number of rotatable bonds is 7. The smallest absolute Gasteiger partial charge is 0.240 e. The minimum Gasteiger partial charge on any atom is -0.338 e. The van der Waals surface area contributed by atoms with E-state index in [9.17, 15) is 4.79 Å². The van der Waals surface area contributed by atoms with Gasteiger partial charge in [-0.15, -0.1) is 0 Å². The summed E-state index contributed by atoms with van der Waals surface area (Å²) in [5.74, 6) is 0.649. The molecule has 0 saturated carbocycles. The van der Waals surface area contributed by atoms with E-state index >= 15 is 0 Å². The van der Waals surface area contributed by atoms with Gasteiger partial charge in [-0.2, -0.15) is 0 Å². The van der Waals surface area contributed by atoms with Crippen molar-refractivity contribution in [2.45, 2.75) is 19.8 Å². The molecule has 0 unspecified atom stereocenters. The molecule has 1 saturated heterocycles. The number of hydrogen-bond donors (Lipinski definition) is 1. The molecule has 1 aliphatic rings. The van der Waals surface area contributed by atoms with E-state index in [0.717, 1.165) is 38.4 Å². The first-order valence-electron chi connectivity index (χ1n) is 9.53. The number of anilines is 1. The van der Waals surface area contributed by atoms with Crippen LogP contribution in [0.5, 0.6) is 0 Å². The van der Waals surface area contributed by atoms with Gasteiger partial charge in [0.05, 0.1) is 12.2 Å². The number of carbonyl (C=O) groups excluding carboxylic acids is 1. The van der Waals surface area contributed by atoms with Crippen molar-refractivity contribution in [3.8, 4) is 0 Å². The highest BCUT2D eigenvalue weighted by Gasteiger charge is 2.19. The predicted molar refractivity (Wildman–Crippen MR) is 108 cm³/mol. The first-order chi connectivity index (χ1) is 13.1. The van der Waals surface area contributed by atoms with Crippen LogP contribution in [-0.4, -0.2) is 60.1 Å². The summed E-state index contributed by atoms with van der Waals surface area (Å²) in [7, 11) is 0. The first kappa shape index (κ1) is 19.3. The van der Waals surface area contributed by atoms with Crippen LogP contribution in [0, 0.1) is 0 Å². The third-order valence-electron chi connectivity index (χ3n) is 4.69. The molecule has 2 heterocycles. The minimum absolute atomic E-state index is 0.0566. The summed E-state index contributed by atoms with van der Waals surface area (Å²) in [4.78, 5) is 16.8. The average Bonchev–Trinajstić information content (AvgIpc) is 3.13. The summed E-state index contributed by atoms with van der Waals surface area (Å²) in [5.41, 5.74) is 2.07. The van der Waals surface area contributed by atoms with Gasteiger partial charge in [-0.05, 0) is 11.5 Å². The molecular weight excluding hydrogens is 340 g/mol. The van der Waals surface area contributed by atoms with E-state index in [2.05, 4.69) is 44.6 Å². The van der Waals surface area contributed by atoms with Crippen LogP contribution >= 0.6 is 0 Å². The van der Waals surface area contributed by atoms with Crippen LogP contribution in [0.15, 0.2) is 47.0 Å². The van der Waals surface area contributed by atoms with Gasteiger partial charge in [-0.1, -0.05) is 61.5 Å². The summed E-state index contributed by atoms with van der Waals surface area (Å²) in [6.07, 6.45) is 4.36. The lowest BCUT2D eigenvalue weighted by atomic mass is 10.1. The van der Waals surface area contributed by atoms with Crippen molar-refractivity contribution >= 4 is 17.9 Å². The molecule has 144 valence electrons. The topological polar surface area (TPSA) is 61.6 Å². The molecule has 0 spiro atoms. The number of amides is 1. The van der Waals surface area contributed by atoms with E-state index < -0.39 is 0 Å². The largest absolute Gasteiger partial charge is 0.338 e. The van der Waals surface area contributed by atoms with Crippen LogP contribution in [0.1, 0.15) is 31.0 Å². The summed E-state index contributed by atoms with van der Waals surface area (Å²) in [6.45, 7) is 9.10. The van der Waals surface area contributed by atoms with Crippen LogP contribution < -0.4 is 5.32 Å². The molecule has 2 aromatic rings. The second kappa shape index (κ2) is 9.48. The molecule has 0 atom stereocenters. The van der Waals surface area contributed by atoms with Crippen molar-refractivity contribution in [1.29, 1.82) is 0 Å². The zero-order chi connectivity index (χ0) is 19.1. The van der Waals surface area contributed by atoms with Crippen LogP contribution in [0.2, 0.25) is 0 Å². The number of piperazine rings is 1. The highest BCUT2D eigenvalue weighted by molar-refractivity contribution is 5.91. The molecule has 0 radical (unpaired) electrons. The van der Waals surface area contributed by atoms with Crippen molar-refractivity contribution in [2.24, 2.45) is 0 Å². The molecule has 1 fully saturated rings. The fourth-order valence-corrected chi connectivity index (χ4v) is 3.03. The summed E-state index contributed by atoms with van der Waals surface area (Å²) in [5, 5.41) is 6.75. The lowest BCUT2D eigenvalue weighted by Gasteiger charge is -2.33.